The lowest BCUT2D eigenvalue weighted by atomic mass is 9.96. The minimum Gasteiger partial charge on any atom is -0.340 e. The highest BCUT2D eigenvalue weighted by atomic mass is 15.1. The zero-order valence-corrected chi connectivity index (χ0v) is 11.9. The summed E-state index contributed by atoms with van der Waals surface area (Å²) in [5.74, 6) is 0.984. The van der Waals surface area contributed by atoms with Gasteiger partial charge in [-0.2, -0.15) is 0 Å². The number of rotatable bonds is 3. The van der Waals surface area contributed by atoms with Gasteiger partial charge in [-0.05, 0) is 44.6 Å². The first-order valence-electron chi connectivity index (χ1n) is 7.32. The van der Waals surface area contributed by atoms with Crippen LogP contribution >= 0.6 is 0 Å². The number of para-hydroxylation sites is 1. The van der Waals surface area contributed by atoms with Crippen LogP contribution in [0.5, 0.6) is 0 Å². The maximum absolute atomic E-state index is 4.55. The summed E-state index contributed by atoms with van der Waals surface area (Å²) < 4.78 is 0. The number of hydrogen-bond donors (Lipinski definition) is 1. The molecule has 20 heavy (non-hydrogen) atoms. The molecule has 3 rings (SSSR count). The van der Waals surface area contributed by atoms with Crippen LogP contribution in [-0.4, -0.2) is 23.5 Å². The third-order valence-electron chi connectivity index (χ3n) is 4.00. The summed E-state index contributed by atoms with van der Waals surface area (Å²) in [6.45, 7) is 1.17. The van der Waals surface area contributed by atoms with E-state index in [1.54, 1.807) is 0 Å². The van der Waals surface area contributed by atoms with E-state index in [0.29, 0.717) is 6.04 Å². The molecule has 1 fully saturated rings. The summed E-state index contributed by atoms with van der Waals surface area (Å²) in [6, 6.07) is 15.0. The maximum atomic E-state index is 4.55. The van der Waals surface area contributed by atoms with Crippen molar-refractivity contribution in [2.24, 2.45) is 0 Å². The van der Waals surface area contributed by atoms with Gasteiger partial charge in [0.15, 0.2) is 0 Å². The first kappa shape index (κ1) is 13.1. The zero-order chi connectivity index (χ0) is 13.8. The summed E-state index contributed by atoms with van der Waals surface area (Å²) in [7, 11) is 2.21. The molecule has 2 aromatic rings. The van der Waals surface area contributed by atoms with Crippen molar-refractivity contribution in [2.75, 3.05) is 18.9 Å². The van der Waals surface area contributed by atoms with Crippen molar-refractivity contribution in [3.8, 4) is 0 Å². The number of benzene rings is 1. The zero-order valence-electron chi connectivity index (χ0n) is 11.9. The molecule has 1 aliphatic heterocycles. The lowest BCUT2D eigenvalue weighted by molar-refractivity contribution is 0.187. The number of aromatic nitrogens is 1. The van der Waals surface area contributed by atoms with Crippen molar-refractivity contribution in [2.45, 2.75) is 25.3 Å². The van der Waals surface area contributed by atoms with Crippen molar-refractivity contribution in [1.82, 2.24) is 9.88 Å². The molecular weight excluding hydrogens is 246 g/mol. The predicted octanol–water partition coefficient (Wildman–Crippen LogP) is 3.98. The van der Waals surface area contributed by atoms with E-state index in [0.717, 1.165) is 11.5 Å². The van der Waals surface area contributed by atoms with Crippen molar-refractivity contribution >= 4 is 11.5 Å². The van der Waals surface area contributed by atoms with Gasteiger partial charge in [0.25, 0.3) is 0 Å². The lowest BCUT2D eigenvalue weighted by Gasteiger charge is -2.33. The molecule has 0 saturated carbocycles. The van der Waals surface area contributed by atoms with Crippen molar-refractivity contribution < 1.29 is 0 Å². The van der Waals surface area contributed by atoms with Crippen molar-refractivity contribution in [3.05, 3.63) is 54.2 Å². The van der Waals surface area contributed by atoms with E-state index in [9.17, 15) is 0 Å². The van der Waals surface area contributed by atoms with Crippen LogP contribution in [0.2, 0.25) is 0 Å². The summed E-state index contributed by atoms with van der Waals surface area (Å²) in [6.07, 6.45) is 5.67. The van der Waals surface area contributed by atoms with E-state index in [1.165, 1.54) is 31.4 Å². The van der Waals surface area contributed by atoms with Crippen LogP contribution in [0.15, 0.2) is 48.7 Å². The van der Waals surface area contributed by atoms with Gasteiger partial charge in [0.1, 0.15) is 5.82 Å². The average molecular weight is 267 g/mol. The normalized spacial score (nSPS) is 19.8. The highest BCUT2D eigenvalue weighted by molar-refractivity contribution is 5.59. The highest BCUT2D eigenvalue weighted by Crippen LogP contribution is 2.33. The maximum Gasteiger partial charge on any atom is 0.135 e. The van der Waals surface area contributed by atoms with Gasteiger partial charge in [-0.15, -0.1) is 0 Å². The molecule has 1 N–H and O–H groups in total. The molecule has 3 heteroatoms. The van der Waals surface area contributed by atoms with Crippen LogP contribution in [0.3, 0.4) is 0 Å². The molecule has 104 valence electrons. The first-order valence-corrected chi connectivity index (χ1v) is 7.32. The number of nitrogens with one attached hydrogen (secondary N) is 1. The van der Waals surface area contributed by atoms with Crippen LogP contribution in [0, 0.1) is 0 Å². The molecule has 3 nitrogen and oxygen atoms in total. The van der Waals surface area contributed by atoms with E-state index < -0.39 is 0 Å². The topological polar surface area (TPSA) is 28.2 Å². The van der Waals surface area contributed by atoms with Gasteiger partial charge < -0.3 is 5.32 Å². The van der Waals surface area contributed by atoms with E-state index in [4.69, 9.17) is 0 Å². The van der Waals surface area contributed by atoms with Crippen LogP contribution < -0.4 is 5.32 Å². The second kappa shape index (κ2) is 6.06. The van der Waals surface area contributed by atoms with E-state index in [-0.39, 0.29) is 0 Å². The molecule has 0 bridgehead atoms. The third kappa shape index (κ3) is 2.83. The standard InChI is InChI=1S/C17H21N3/c1-20-13-6-5-11-16(20)15-10-7-12-18-17(15)19-14-8-3-2-4-9-14/h2-4,7-10,12,16H,5-6,11,13H2,1H3,(H,18,19)/t16-/m1/s1. The lowest BCUT2D eigenvalue weighted by Crippen LogP contribution is -2.30. The van der Waals surface area contributed by atoms with Crippen molar-refractivity contribution in [3.63, 3.8) is 0 Å². The Labute approximate surface area is 120 Å². The number of anilines is 2. The number of hydrogen-bond acceptors (Lipinski definition) is 3. The van der Waals surface area contributed by atoms with Gasteiger partial charge >= 0.3 is 0 Å². The Kier molecular flexibility index (Phi) is 3.97. The SMILES string of the molecule is CN1CCCC[C@@H]1c1cccnc1Nc1ccccc1. The molecule has 1 aliphatic rings. The average Bonchev–Trinajstić information content (AvgIpc) is 2.50. The molecule has 0 amide bonds. The molecule has 0 aliphatic carbocycles. The Hall–Kier alpha value is -1.87. The van der Waals surface area contributed by atoms with Gasteiger partial charge in [0, 0.05) is 23.5 Å². The van der Waals surface area contributed by atoms with Gasteiger partial charge in [0.2, 0.25) is 0 Å². The smallest absolute Gasteiger partial charge is 0.135 e. The predicted molar refractivity (Wildman–Crippen MR) is 83.2 cm³/mol. The summed E-state index contributed by atoms with van der Waals surface area (Å²) in [5.41, 5.74) is 2.39. The molecule has 0 radical (unpaired) electrons. The summed E-state index contributed by atoms with van der Waals surface area (Å²) >= 11 is 0. The number of likely N-dealkylation sites (tertiary alicyclic amines) is 1. The first-order chi connectivity index (χ1) is 9.84. The van der Waals surface area contributed by atoms with E-state index >= 15 is 0 Å². The highest BCUT2D eigenvalue weighted by Gasteiger charge is 2.23. The molecule has 1 atom stereocenters. The minimum absolute atomic E-state index is 0.476. The second-order valence-corrected chi connectivity index (χ2v) is 5.42. The Bertz CT molecular complexity index is 553. The number of nitrogens with zero attached hydrogens (tertiary/aromatic N) is 2. The summed E-state index contributed by atoms with van der Waals surface area (Å²) in [5, 5.41) is 3.45. The summed E-state index contributed by atoms with van der Waals surface area (Å²) in [4.78, 5) is 6.99. The molecule has 0 unspecified atom stereocenters. The minimum atomic E-state index is 0.476. The largest absolute Gasteiger partial charge is 0.340 e. The molecule has 1 aromatic heterocycles. The van der Waals surface area contributed by atoms with Gasteiger partial charge in [0.05, 0.1) is 0 Å². The number of piperidine rings is 1. The van der Waals surface area contributed by atoms with Gasteiger partial charge in [-0.1, -0.05) is 30.7 Å². The van der Waals surface area contributed by atoms with Crippen molar-refractivity contribution in [1.29, 1.82) is 0 Å². The monoisotopic (exact) mass is 267 g/mol. The fraction of sp³-hybridized carbons (Fsp3) is 0.353. The second-order valence-electron chi connectivity index (χ2n) is 5.42. The molecule has 2 heterocycles. The van der Waals surface area contributed by atoms with Gasteiger partial charge in [-0.25, -0.2) is 4.98 Å². The van der Waals surface area contributed by atoms with Crippen LogP contribution in [0.1, 0.15) is 30.9 Å². The Balaban J connectivity index is 1.88. The molecule has 1 saturated heterocycles. The van der Waals surface area contributed by atoms with Gasteiger partial charge in [-0.3, -0.25) is 4.90 Å². The Morgan fingerprint density at radius 1 is 1.10 bits per heavy atom. The molecule has 0 spiro atoms. The van der Waals surface area contributed by atoms with E-state index in [1.807, 2.05) is 30.5 Å². The fourth-order valence-corrected chi connectivity index (χ4v) is 2.92. The Morgan fingerprint density at radius 3 is 2.75 bits per heavy atom. The third-order valence-corrected chi connectivity index (χ3v) is 4.00. The van der Waals surface area contributed by atoms with Crippen LogP contribution in [0.25, 0.3) is 0 Å². The van der Waals surface area contributed by atoms with Crippen LogP contribution in [0.4, 0.5) is 11.5 Å². The molecular formula is C17H21N3. The number of pyridine rings is 1. The molecule has 1 aromatic carbocycles. The van der Waals surface area contributed by atoms with Crippen LogP contribution in [-0.2, 0) is 0 Å². The Morgan fingerprint density at radius 2 is 1.95 bits per heavy atom. The van der Waals surface area contributed by atoms with E-state index in [2.05, 4.69) is 40.4 Å². The quantitative estimate of drug-likeness (QED) is 0.911. The fourth-order valence-electron chi connectivity index (χ4n) is 2.92.